The van der Waals surface area contributed by atoms with Crippen LogP contribution in [0.25, 0.3) is 0 Å². The van der Waals surface area contributed by atoms with Crippen molar-refractivity contribution < 1.29 is 23.1 Å². The summed E-state index contributed by atoms with van der Waals surface area (Å²) in [6, 6.07) is 9.20. The number of amides is 1. The average molecular weight is 334 g/mol. The number of benzene rings is 1. The molecule has 0 fully saturated rings. The molecule has 0 spiro atoms. The Kier molecular flexibility index (Phi) is 4.73. The topological polar surface area (TPSA) is 62.2 Å². The first-order valence-electron chi connectivity index (χ1n) is 5.61. The van der Waals surface area contributed by atoms with Gasteiger partial charge in [0.1, 0.15) is 5.00 Å². The number of thiazole rings is 1. The van der Waals surface area contributed by atoms with Crippen LogP contribution in [0.4, 0.5) is 23.0 Å². The van der Waals surface area contributed by atoms with Gasteiger partial charge in [0.25, 0.3) is 0 Å². The van der Waals surface area contributed by atoms with Crippen molar-refractivity contribution in [1.82, 2.24) is 4.98 Å². The summed E-state index contributed by atoms with van der Waals surface area (Å²) in [5, 5.41) is 9.80. The van der Waals surface area contributed by atoms with E-state index in [-0.39, 0.29) is 4.34 Å². The smallest absolute Gasteiger partial charge is 0.436 e. The number of hydrogen-bond acceptors (Lipinski definition) is 4. The summed E-state index contributed by atoms with van der Waals surface area (Å²) in [6.07, 6.45) is -6.25. The highest BCUT2D eigenvalue weighted by atomic mass is 32.2. The van der Waals surface area contributed by atoms with Crippen molar-refractivity contribution in [1.29, 1.82) is 0 Å². The number of nitrogens with zero attached hydrogens (tertiary/aromatic N) is 1. The van der Waals surface area contributed by atoms with Crippen LogP contribution in [0, 0.1) is 0 Å². The third kappa shape index (κ3) is 4.36. The highest BCUT2D eigenvalue weighted by Gasteiger charge is 2.38. The van der Waals surface area contributed by atoms with Crippen LogP contribution in [-0.2, 0) is 11.9 Å². The molecule has 9 heteroatoms. The van der Waals surface area contributed by atoms with Crippen LogP contribution in [0.1, 0.15) is 11.3 Å². The molecule has 1 aromatic carbocycles. The quantitative estimate of drug-likeness (QED) is 0.806. The maximum atomic E-state index is 12.8. The third-order valence-corrected chi connectivity index (χ3v) is 4.49. The lowest BCUT2D eigenvalue weighted by atomic mass is 10.2. The zero-order chi connectivity index (χ0) is 15.5. The van der Waals surface area contributed by atoms with Gasteiger partial charge in [-0.2, -0.15) is 13.2 Å². The van der Waals surface area contributed by atoms with E-state index in [9.17, 15) is 18.0 Å². The van der Waals surface area contributed by atoms with E-state index >= 15 is 0 Å². The van der Waals surface area contributed by atoms with Gasteiger partial charge in [-0.05, 0) is 5.56 Å². The Balaban J connectivity index is 2.17. The minimum Gasteiger partial charge on any atom is -0.465 e. The molecule has 0 atom stereocenters. The minimum absolute atomic E-state index is 0.162. The number of halogens is 3. The molecule has 4 nitrogen and oxygen atoms in total. The Morgan fingerprint density at radius 2 is 2.00 bits per heavy atom. The predicted molar refractivity (Wildman–Crippen MR) is 74.8 cm³/mol. The zero-order valence-corrected chi connectivity index (χ0v) is 12.0. The molecule has 2 rings (SSSR count). The van der Waals surface area contributed by atoms with Gasteiger partial charge in [0, 0.05) is 5.75 Å². The van der Waals surface area contributed by atoms with E-state index in [1.54, 1.807) is 5.32 Å². The number of carbonyl (C=O) groups is 1. The molecule has 0 bridgehead atoms. The molecule has 2 N–H and O–H groups in total. The molecule has 1 aromatic heterocycles. The molecule has 0 aliphatic heterocycles. The maximum Gasteiger partial charge on any atom is 0.436 e. The summed E-state index contributed by atoms with van der Waals surface area (Å²) in [4.78, 5) is 14.0. The SMILES string of the molecule is O=C(O)Nc1sc(SCc2ccccc2)nc1C(F)(F)F. The third-order valence-electron chi connectivity index (χ3n) is 2.30. The van der Waals surface area contributed by atoms with Gasteiger partial charge in [0.15, 0.2) is 10.0 Å². The summed E-state index contributed by atoms with van der Waals surface area (Å²) in [6.45, 7) is 0. The fourth-order valence-electron chi connectivity index (χ4n) is 1.46. The lowest BCUT2D eigenvalue weighted by molar-refractivity contribution is -0.140. The highest BCUT2D eigenvalue weighted by molar-refractivity contribution is 8.00. The van der Waals surface area contributed by atoms with Gasteiger partial charge in [-0.3, -0.25) is 5.32 Å². The van der Waals surface area contributed by atoms with E-state index < -0.39 is 23.0 Å². The molecule has 0 saturated heterocycles. The lowest BCUT2D eigenvalue weighted by Gasteiger charge is -2.04. The Bertz CT molecular complexity index is 629. The van der Waals surface area contributed by atoms with Crippen LogP contribution >= 0.6 is 23.1 Å². The molecule has 1 amide bonds. The van der Waals surface area contributed by atoms with Crippen molar-refractivity contribution >= 4 is 34.2 Å². The molecule has 0 aliphatic carbocycles. The Morgan fingerprint density at radius 3 is 2.57 bits per heavy atom. The number of nitrogens with one attached hydrogen (secondary N) is 1. The van der Waals surface area contributed by atoms with Gasteiger partial charge in [0.05, 0.1) is 0 Å². The number of alkyl halides is 3. The molecule has 21 heavy (non-hydrogen) atoms. The second-order valence-corrected chi connectivity index (χ2v) is 6.08. The number of carboxylic acid groups (broad SMARTS) is 1. The molecular formula is C12H9F3N2O2S2. The summed E-state index contributed by atoms with van der Waals surface area (Å²) in [7, 11) is 0. The predicted octanol–water partition coefficient (Wildman–Crippen LogP) is 4.54. The van der Waals surface area contributed by atoms with Crippen molar-refractivity contribution in [2.75, 3.05) is 5.32 Å². The Morgan fingerprint density at radius 1 is 1.33 bits per heavy atom. The lowest BCUT2D eigenvalue weighted by Crippen LogP contribution is -2.13. The van der Waals surface area contributed by atoms with Gasteiger partial charge in [-0.15, -0.1) is 0 Å². The van der Waals surface area contributed by atoms with Crippen LogP contribution in [-0.4, -0.2) is 16.2 Å². The second-order valence-electron chi connectivity index (χ2n) is 3.86. The van der Waals surface area contributed by atoms with Crippen molar-refractivity contribution in [3.63, 3.8) is 0 Å². The second kappa shape index (κ2) is 6.35. The first-order valence-corrected chi connectivity index (χ1v) is 7.41. The van der Waals surface area contributed by atoms with Gasteiger partial charge in [-0.25, -0.2) is 9.78 Å². The van der Waals surface area contributed by atoms with Crippen molar-refractivity contribution in [2.45, 2.75) is 16.3 Å². The zero-order valence-electron chi connectivity index (χ0n) is 10.3. The number of anilines is 1. The van der Waals surface area contributed by atoms with E-state index in [0.29, 0.717) is 17.1 Å². The van der Waals surface area contributed by atoms with Crippen LogP contribution in [0.15, 0.2) is 34.7 Å². The molecule has 1 heterocycles. The monoisotopic (exact) mass is 334 g/mol. The molecule has 0 saturated carbocycles. The normalized spacial score (nSPS) is 11.4. The van der Waals surface area contributed by atoms with E-state index in [2.05, 4.69) is 4.98 Å². The van der Waals surface area contributed by atoms with Crippen LogP contribution in [0.5, 0.6) is 0 Å². The summed E-state index contributed by atoms with van der Waals surface area (Å²) < 4.78 is 38.5. The van der Waals surface area contributed by atoms with Crippen molar-refractivity contribution in [3.05, 3.63) is 41.6 Å². The number of rotatable bonds is 4. The molecule has 112 valence electrons. The Hall–Kier alpha value is -1.74. The highest BCUT2D eigenvalue weighted by Crippen LogP contribution is 2.41. The van der Waals surface area contributed by atoms with Crippen LogP contribution in [0.2, 0.25) is 0 Å². The van der Waals surface area contributed by atoms with Crippen LogP contribution < -0.4 is 5.32 Å². The van der Waals surface area contributed by atoms with Crippen LogP contribution in [0.3, 0.4) is 0 Å². The molecule has 0 unspecified atom stereocenters. The molecule has 0 aliphatic rings. The first-order chi connectivity index (χ1) is 9.86. The standard InChI is InChI=1S/C12H9F3N2O2S2/c13-12(14,15)8-9(17-10(18)19)21-11(16-8)20-6-7-4-2-1-3-5-7/h1-5,17H,6H2,(H,18,19). The van der Waals surface area contributed by atoms with E-state index in [0.717, 1.165) is 17.3 Å². The average Bonchev–Trinajstić information content (AvgIpc) is 2.80. The number of aromatic nitrogens is 1. The van der Waals surface area contributed by atoms with Gasteiger partial charge in [0.2, 0.25) is 0 Å². The number of hydrogen-bond donors (Lipinski definition) is 2. The van der Waals surface area contributed by atoms with E-state index in [1.807, 2.05) is 30.3 Å². The summed E-state index contributed by atoms with van der Waals surface area (Å²) in [5.74, 6) is 0.457. The molecular weight excluding hydrogens is 325 g/mol. The molecule has 2 aromatic rings. The van der Waals surface area contributed by atoms with Gasteiger partial charge < -0.3 is 5.11 Å². The first kappa shape index (κ1) is 15.6. The fraction of sp³-hybridized carbons (Fsp3) is 0.167. The molecule has 0 radical (unpaired) electrons. The fourth-order valence-corrected chi connectivity index (χ4v) is 3.46. The van der Waals surface area contributed by atoms with Gasteiger partial charge >= 0.3 is 12.3 Å². The van der Waals surface area contributed by atoms with Crippen molar-refractivity contribution in [3.8, 4) is 0 Å². The Labute approximate surface area is 126 Å². The number of thioether (sulfide) groups is 1. The largest absolute Gasteiger partial charge is 0.465 e. The van der Waals surface area contributed by atoms with E-state index in [4.69, 9.17) is 5.11 Å². The maximum absolute atomic E-state index is 12.8. The minimum atomic E-state index is -4.69. The van der Waals surface area contributed by atoms with E-state index in [1.165, 1.54) is 0 Å². The van der Waals surface area contributed by atoms with Gasteiger partial charge in [-0.1, -0.05) is 53.4 Å². The summed E-state index contributed by atoms with van der Waals surface area (Å²) in [5.41, 5.74) is -0.260. The summed E-state index contributed by atoms with van der Waals surface area (Å²) >= 11 is 1.80. The van der Waals surface area contributed by atoms with Crippen molar-refractivity contribution in [2.24, 2.45) is 0 Å².